The number of carbonyl (C=O) groups excluding carboxylic acids is 1. The van der Waals surface area contributed by atoms with Gasteiger partial charge in [0.1, 0.15) is 5.75 Å². The molecule has 1 aliphatic rings. The number of methoxy groups -OCH3 is 1. The van der Waals surface area contributed by atoms with E-state index in [2.05, 4.69) is 41.4 Å². The Labute approximate surface area is 169 Å². The average Bonchev–Trinajstić information content (AvgIpc) is 3.16. The number of hydrogen-bond donors (Lipinski definition) is 1. The third kappa shape index (κ3) is 4.12. The first-order chi connectivity index (χ1) is 13.6. The number of benzene rings is 2. The van der Waals surface area contributed by atoms with Crippen LogP contribution in [0.2, 0.25) is 0 Å². The Hall–Kier alpha value is -2.60. The van der Waals surface area contributed by atoms with Gasteiger partial charge in [-0.3, -0.25) is 4.79 Å². The molecule has 2 aromatic carbocycles. The predicted molar refractivity (Wildman–Crippen MR) is 114 cm³/mol. The Morgan fingerprint density at radius 2 is 2.11 bits per heavy atom. The van der Waals surface area contributed by atoms with Gasteiger partial charge in [-0.05, 0) is 43.5 Å². The molecule has 0 aliphatic carbocycles. The lowest BCUT2D eigenvalue weighted by atomic mass is 9.97. The highest BCUT2D eigenvalue weighted by Crippen LogP contribution is 2.33. The van der Waals surface area contributed by atoms with E-state index >= 15 is 0 Å². The van der Waals surface area contributed by atoms with Gasteiger partial charge in [-0.15, -0.1) is 0 Å². The third-order valence-electron chi connectivity index (χ3n) is 5.23. The summed E-state index contributed by atoms with van der Waals surface area (Å²) >= 11 is 1.66. The summed E-state index contributed by atoms with van der Waals surface area (Å²) < 4.78 is 6.42. The number of ether oxygens (including phenoxy) is 1. The second-order valence-electron chi connectivity index (χ2n) is 7.32. The summed E-state index contributed by atoms with van der Waals surface area (Å²) in [4.78, 5) is 19.7. The largest absolute Gasteiger partial charge is 0.497 e. The SMILES string of the molecule is COc1ccc2nc(N3CCC[C@H](C(=O)NCc4ccc(C)cc4)C3)sc2c1. The monoisotopic (exact) mass is 395 g/mol. The lowest BCUT2D eigenvalue weighted by Crippen LogP contribution is -2.42. The molecule has 4 rings (SSSR count). The van der Waals surface area contributed by atoms with E-state index in [4.69, 9.17) is 9.72 Å². The normalized spacial score (nSPS) is 16.9. The fourth-order valence-corrected chi connectivity index (χ4v) is 4.59. The van der Waals surface area contributed by atoms with Crippen LogP contribution in [0.5, 0.6) is 5.75 Å². The molecule has 2 heterocycles. The first kappa shape index (κ1) is 18.7. The quantitative estimate of drug-likeness (QED) is 0.705. The Morgan fingerprint density at radius 1 is 1.29 bits per heavy atom. The summed E-state index contributed by atoms with van der Waals surface area (Å²) in [5.41, 5.74) is 3.34. The Balaban J connectivity index is 1.40. The minimum absolute atomic E-state index is 0.000691. The van der Waals surface area contributed by atoms with Crippen molar-refractivity contribution in [2.45, 2.75) is 26.3 Å². The minimum Gasteiger partial charge on any atom is -0.497 e. The number of rotatable bonds is 5. The average molecular weight is 396 g/mol. The maximum atomic E-state index is 12.7. The molecule has 1 amide bonds. The third-order valence-corrected chi connectivity index (χ3v) is 6.31. The number of aromatic nitrogens is 1. The number of thiazole rings is 1. The summed E-state index contributed by atoms with van der Waals surface area (Å²) in [7, 11) is 1.67. The first-order valence-electron chi connectivity index (χ1n) is 9.65. The molecule has 28 heavy (non-hydrogen) atoms. The van der Waals surface area contributed by atoms with Crippen LogP contribution in [-0.4, -0.2) is 31.1 Å². The summed E-state index contributed by atoms with van der Waals surface area (Å²) in [6.45, 7) is 4.31. The fourth-order valence-electron chi connectivity index (χ4n) is 3.56. The van der Waals surface area contributed by atoms with Crippen molar-refractivity contribution in [2.75, 3.05) is 25.1 Å². The van der Waals surface area contributed by atoms with Gasteiger partial charge in [-0.2, -0.15) is 0 Å². The summed E-state index contributed by atoms with van der Waals surface area (Å²) in [6.07, 6.45) is 1.93. The van der Waals surface area contributed by atoms with Gasteiger partial charge >= 0.3 is 0 Å². The Bertz CT molecular complexity index is 968. The molecular weight excluding hydrogens is 370 g/mol. The van der Waals surface area contributed by atoms with E-state index in [0.29, 0.717) is 6.54 Å². The van der Waals surface area contributed by atoms with E-state index < -0.39 is 0 Å². The zero-order chi connectivity index (χ0) is 19.5. The predicted octanol–water partition coefficient (Wildman–Crippen LogP) is 4.15. The standard InChI is InChI=1S/C22H25N3O2S/c1-15-5-7-16(8-6-15)13-23-21(26)17-4-3-11-25(14-17)22-24-19-10-9-18(27-2)12-20(19)28-22/h5-10,12,17H,3-4,11,13-14H2,1-2H3,(H,23,26)/t17-/m0/s1. The van der Waals surface area contributed by atoms with Gasteiger partial charge in [-0.1, -0.05) is 41.2 Å². The van der Waals surface area contributed by atoms with Gasteiger partial charge in [0, 0.05) is 19.6 Å². The van der Waals surface area contributed by atoms with Crippen LogP contribution in [0.3, 0.4) is 0 Å². The fraction of sp³-hybridized carbons (Fsp3) is 0.364. The van der Waals surface area contributed by atoms with E-state index in [0.717, 1.165) is 52.6 Å². The van der Waals surface area contributed by atoms with E-state index in [1.165, 1.54) is 5.56 Å². The molecule has 0 saturated carbocycles. The van der Waals surface area contributed by atoms with Crippen LogP contribution in [0.15, 0.2) is 42.5 Å². The highest BCUT2D eigenvalue weighted by Gasteiger charge is 2.27. The summed E-state index contributed by atoms with van der Waals surface area (Å²) in [5, 5.41) is 4.09. The first-order valence-corrected chi connectivity index (χ1v) is 10.5. The van der Waals surface area contributed by atoms with Gasteiger partial charge in [-0.25, -0.2) is 4.98 Å². The number of anilines is 1. The molecule has 6 heteroatoms. The summed E-state index contributed by atoms with van der Waals surface area (Å²) in [5.74, 6) is 0.975. The van der Waals surface area contributed by atoms with Crippen molar-refractivity contribution in [2.24, 2.45) is 5.92 Å². The molecule has 5 nitrogen and oxygen atoms in total. The molecule has 1 saturated heterocycles. The lowest BCUT2D eigenvalue weighted by Gasteiger charge is -2.31. The van der Waals surface area contributed by atoms with Gasteiger partial charge in [0.05, 0.1) is 23.2 Å². The number of piperidine rings is 1. The summed E-state index contributed by atoms with van der Waals surface area (Å²) in [6, 6.07) is 14.2. The molecule has 146 valence electrons. The van der Waals surface area contributed by atoms with Gasteiger partial charge in [0.2, 0.25) is 5.91 Å². The molecular formula is C22H25N3O2S. The maximum absolute atomic E-state index is 12.7. The van der Waals surface area contributed by atoms with Crippen LogP contribution in [0, 0.1) is 12.8 Å². The Kier molecular flexibility index (Phi) is 5.48. The number of amides is 1. The lowest BCUT2D eigenvalue weighted by molar-refractivity contribution is -0.125. The minimum atomic E-state index is 0.000691. The van der Waals surface area contributed by atoms with E-state index in [1.807, 2.05) is 18.2 Å². The van der Waals surface area contributed by atoms with Crippen molar-refractivity contribution < 1.29 is 9.53 Å². The smallest absolute Gasteiger partial charge is 0.225 e. The molecule has 1 fully saturated rings. The van der Waals surface area contributed by atoms with Crippen LogP contribution < -0.4 is 15.0 Å². The number of aryl methyl sites for hydroxylation is 1. The molecule has 0 radical (unpaired) electrons. The van der Waals surface area contributed by atoms with Gasteiger partial charge < -0.3 is 15.0 Å². The molecule has 3 aromatic rings. The zero-order valence-electron chi connectivity index (χ0n) is 16.3. The van der Waals surface area contributed by atoms with Crippen molar-refractivity contribution in [1.29, 1.82) is 0 Å². The molecule has 1 N–H and O–H groups in total. The molecule has 0 spiro atoms. The second-order valence-corrected chi connectivity index (χ2v) is 8.33. The van der Waals surface area contributed by atoms with Crippen LogP contribution in [0.1, 0.15) is 24.0 Å². The zero-order valence-corrected chi connectivity index (χ0v) is 17.1. The molecule has 0 unspecified atom stereocenters. The van der Waals surface area contributed by atoms with Crippen molar-refractivity contribution in [3.8, 4) is 5.75 Å². The molecule has 1 aliphatic heterocycles. The van der Waals surface area contributed by atoms with Gasteiger partial charge in [0.25, 0.3) is 0 Å². The Morgan fingerprint density at radius 3 is 2.89 bits per heavy atom. The topological polar surface area (TPSA) is 54.5 Å². The molecule has 0 bridgehead atoms. The number of nitrogens with one attached hydrogen (secondary N) is 1. The van der Waals surface area contributed by atoms with Crippen LogP contribution in [0.25, 0.3) is 10.2 Å². The van der Waals surface area contributed by atoms with Crippen molar-refractivity contribution >= 4 is 32.6 Å². The number of carbonyl (C=O) groups is 1. The molecule has 1 atom stereocenters. The maximum Gasteiger partial charge on any atom is 0.225 e. The van der Waals surface area contributed by atoms with Crippen molar-refractivity contribution in [3.63, 3.8) is 0 Å². The van der Waals surface area contributed by atoms with E-state index in [-0.39, 0.29) is 11.8 Å². The second kappa shape index (κ2) is 8.19. The number of fused-ring (bicyclic) bond motifs is 1. The van der Waals surface area contributed by atoms with Crippen LogP contribution in [-0.2, 0) is 11.3 Å². The van der Waals surface area contributed by atoms with Crippen LogP contribution >= 0.6 is 11.3 Å². The highest BCUT2D eigenvalue weighted by molar-refractivity contribution is 7.22. The highest BCUT2D eigenvalue weighted by atomic mass is 32.1. The molecule has 1 aromatic heterocycles. The van der Waals surface area contributed by atoms with Crippen molar-refractivity contribution in [3.05, 3.63) is 53.6 Å². The van der Waals surface area contributed by atoms with E-state index in [1.54, 1.807) is 18.4 Å². The number of hydrogen-bond acceptors (Lipinski definition) is 5. The van der Waals surface area contributed by atoms with Gasteiger partial charge in [0.15, 0.2) is 5.13 Å². The van der Waals surface area contributed by atoms with E-state index in [9.17, 15) is 4.79 Å². The number of nitrogens with zero attached hydrogens (tertiary/aromatic N) is 2. The van der Waals surface area contributed by atoms with Crippen LogP contribution in [0.4, 0.5) is 5.13 Å². The van der Waals surface area contributed by atoms with Crippen molar-refractivity contribution in [1.82, 2.24) is 10.3 Å².